The Morgan fingerprint density at radius 3 is 2.32 bits per heavy atom. The molecular weight excluding hydrogens is 258 g/mol. The van der Waals surface area contributed by atoms with Crippen LogP contribution in [0.2, 0.25) is 0 Å². The summed E-state index contributed by atoms with van der Waals surface area (Å²) in [7, 11) is 0. The van der Waals surface area contributed by atoms with Gasteiger partial charge in [-0.3, -0.25) is 4.79 Å². The number of hydrogen-bond acceptors (Lipinski definition) is 7. The second-order valence-electron chi connectivity index (χ2n) is 4.79. The lowest BCUT2D eigenvalue weighted by Crippen LogP contribution is -2.64. The van der Waals surface area contributed by atoms with E-state index >= 15 is 0 Å². The van der Waals surface area contributed by atoms with Crippen LogP contribution in [0.25, 0.3) is 0 Å². The molecule has 0 radical (unpaired) electrons. The first-order valence-electron chi connectivity index (χ1n) is 6.08. The smallest absolute Gasteiger partial charge is 0.225 e. The van der Waals surface area contributed by atoms with Crippen molar-refractivity contribution in [3.8, 4) is 0 Å². The van der Waals surface area contributed by atoms with Gasteiger partial charge in [0.15, 0.2) is 6.29 Å². The van der Waals surface area contributed by atoms with Gasteiger partial charge in [0, 0.05) is 0 Å². The van der Waals surface area contributed by atoms with Crippen LogP contribution in [0.4, 0.5) is 0 Å². The summed E-state index contributed by atoms with van der Waals surface area (Å²) in [6.07, 6.45) is -6.48. The maximum atomic E-state index is 11.7. The largest absolute Gasteiger partial charge is 0.394 e. The van der Waals surface area contributed by atoms with Crippen molar-refractivity contribution < 1.29 is 35.1 Å². The fourth-order valence-corrected chi connectivity index (χ4v) is 1.77. The van der Waals surface area contributed by atoms with E-state index in [0.29, 0.717) is 0 Å². The minimum Gasteiger partial charge on any atom is -0.394 e. The molecule has 0 aromatic rings. The lowest BCUT2D eigenvalue weighted by atomic mass is 9.96. The van der Waals surface area contributed by atoms with Crippen LogP contribution in [-0.2, 0) is 9.53 Å². The zero-order valence-electron chi connectivity index (χ0n) is 10.8. The number of rotatable bonds is 4. The Hall–Kier alpha value is -0.770. The van der Waals surface area contributed by atoms with E-state index in [1.807, 2.05) is 0 Å². The molecule has 7 unspecified atom stereocenters. The Bertz CT molecular complexity index is 311. The molecule has 1 aliphatic rings. The lowest BCUT2D eigenvalue weighted by molar-refractivity contribution is -0.254. The molecule has 112 valence electrons. The molecule has 8 nitrogen and oxygen atoms in total. The molecule has 1 amide bonds. The third-order valence-electron chi connectivity index (χ3n) is 3.35. The predicted molar refractivity (Wildman–Crippen MR) is 62.8 cm³/mol. The van der Waals surface area contributed by atoms with Crippen LogP contribution in [0.1, 0.15) is 13.8 Å². The number of carbonyl (C=O) groups excluding carboxylic acids is 1. The van der Waals surface area contributed by atoms with Gasteiger partial charge in [-0.05, 0) is 6.92 Å². The molecule has 6 N–H and O–H groups in total. The first-order chi connectivity index (χ1) is 8.79. The second-order valence-corrected chi connectivity index (χ2v) is 4.79. The van der Waals surface area contributed by atoms with E-state index in [1.54, 1.807) is 0 Å². The first-order valence-corrected chi connectivity index (χ1v) is 6.08. The SMILES string of the molecule is CC(O)C(C)C(=O)NC1C(O)OC(CO)C(O)C1O. The van der Waals surface area contributed by atoms with Gasteiger partial charge in [0.2, 0.25) is 5.91 Å². The highest BCUT2D eigenvalue weighted by Gasteiger charge is 2.44. The Morgan fingerprint density at radius 2 is 1.84 bits per heavy atom. The predicted octanol–water partition coefficient (Wildman–Crippen LogP) is -3.08. The highest BCUT2D eigenvalue weighted by Crippen LogP contribution is 2.20. The third-order valence-corrected chi connectivity index (χ3v) is 3.35. The number of aliphatic hydroxyl groups is 5. The van der Waals surface area contributed by atoms with Crippen molar-refractivity contribution in [2.45, 2.75) is 50.6 Å². The van der Waals surface area contributed by atoms with E-state index in [-0.39, 0.29) is 0 Å². The third kappa shape index (κ3) is 3.62. The second kappa shape index (κ2) is 6.60. The fourth-order valence-electron chi connectivity index (χ4n) is 1.77. The normalized spacial score (nSPS) is 38.6. The fraction of sp³-hybridized carbons (Fsp3) is 0.909. The number of ether oxygens (including phenoxy) is 1. The van der Waals surface area contributed by atoms with Gasteiger partial charge < -0.3 is 35.6 Å². The molecule has 8 heteroatoms. The Labute approximate surface area is 110 Å². The van der Waals surface area contributed by atoms with Crippen LogP contribution < -0.4 is 5.32 Å². The average molecular weight is 279 g/mol. The molecule has 0 saturated carbocycles. The molecule has 0 bridgehead atoms. The number of nitrogens with one attached hydrogen (secondary N) is 1. The van der Waals surface area contributed by atoms with E-state index in [2.05, 4.69) is 5.32 Å². The zero-order valence-corrected chi connectivity index (χ0v) is 10.8. The van der Waals surface area contributed by atoms with Gasteiger partial charge in [-0.15, -0.1) is 0 Å². The Morgan fingerprint density at radius 1 is 1.26 bits per heavy atom. The van der Waals surface area contributed by atoms with Gasteiger partial charge in [-0.25, -0.2) is 0 Å². The van der Waals surface area contributed by atoms with Crippen LogP contribution >= 0.6 is 0 Å². The van der Waals surface area contributed by atoms with Crippen molar-refractivity contribution in [2.75, 3.05) is 6.61 Å². The van der Waals surface area contributed by atoms with Gasteiger partial charge in [-0.1, -0.05) is 6.92 Å². The van der Waals surface area contributed by atoms with E-state index in [4.69, 9.17) is 9.84 Å². The quantitative estimate of drug-likeness (QED) is 0.321. The van der Waals surface area contributed by atoms with Crippen molar-refractivity contribution in [1.29, 1.82) is 0 Å². The maximum Gasteiger partial charge on any atom is 0.225 e. The molecule has 0 aromatic carbocycles. The summed E-state index contributed by atoms with van der Waals surface area (Å²) >= 11 is 0. The van der Waals surface area contributed by atoms with Crippen molar-refractivity contribution in [2.24, 2.45) is 5.92 Å². The molecule has 0 aromatic heterocycles. The molecule has 0 spiro atoms. The molecule has 7 atom stereocenters. The zero-order chi connectivity index (χ0) is 14.7. The molecule has 1 rings (SSSR count). The Kier molecular flexibility index (Phi) is 5.65. The van der Waals surface area contributed by atoms with Crippen LogP contribution in [0.15, 0.2) is 0 Å². The van der Waals surface area contributed by atoms with Crippen molar-refractivity contribution in [3.05, 3.63) is 0 Å². The summed E-state index contributed by atoms with van der Waals surface area (Å²) in [6, 6.07) is -1.23. The number of amides is 1. The van der Waals surface area contributed by atoms with E-state index in [0.717, 1.165) is 0 Å². The highest BCUT2D eigenvalue weighted by atomic mass is 16.6. The molecule has 1 saturated heterocycles. The van der Waals surface area contributed by atoms with Crippen molar-refractivity contribution in [3.63, 3.8) is 0 Å². The lowest BCUT2D eigenvalue weighted by Gasteiger charge is -2.40. The monoisotopic (exact) mass is 279 g/mol. The Balaban J connectivity index is 2.70. The molecule has 0 aliphatic carbocycles. The van der Waals surface area contributed by atoms with Crippen LogP contribution in [0.3, 0.4) is 0 Å². The van der Waals surface area contributed by atoms with E-state index in [9.17, 15) is 25.2 Å². The van der Waals surface area contributed by atoms with Crippen LogP contribution in [0.5, 0.6) is 0 Å². The number of carbonyl (C=O) groups is 1. The van der Waals surface area contributed by atoms with E-state index < -0.39 is 55.2 Å². The number of hydrogen-bond donors (Lipinski definition) is 6. The minimum atomic E-state index is -1.55. The molecule has 1 fully saturated rings. The summed E-state index contributed by atoms with van der Waals surface area (Å²) in [5, 5.41) is 49.6. The highest BCUT2D eigenvalue weighted by molar-refractivity contribution is 5.79. The summed E-state index contributed by atoms with van der Waals surface area (Å²) in [5.74, 6) is -1.33. The first kappa shape index (κ1) is 16.3. The van der Waals surface area contributed by atoms with E-state index in [1.165, 1.54) is 13.8 Å². The van der Waals surface area contributed by atoms with Crippen molar-refractivity contribution >= 4 is 5.91 Å². The standard InChI is InChI=1S/C11H21NO7/c1-4(5(2)14)10(17)12-7-9(16)8(15)6(3-13)19-11(7)18/h4-9,11,13-16,18H,3H2,1-2H3,(H,12,17). The summed E-state index contributed by atoms with van der Waals surface area (Å²) < 4.78 is 4.89. The van der Waals surface area contributed by atoms with Crippen LogP contribution in [0, 0.1) is 5.92 Å². The minimum absolute atomic E-state index is 0.569. The van der Waals surface area contributed by atoms with Crippen molar-refractivity contribution in [1.82, 2.24) is 5.32 Å². The summed E-state index contributed by atoms with van der Waals surface area (Å²) in [4.78, 5) is 11.7. The number of aliphatic hydroxyl groups excluding tert-OH is 5. The summed E-state index contributed by atoms with van der Waals surface area (Å²) in [5.41, 5.74) is 0. The topological polar surface area (TPSA) is 139 Å². The molecule has 19 heavy (non-hydrogen) atoms. The molecule has 1 heterocycles. The van der Waals surface area contributed by atoms with Gasteiger partial charge >= 0.3 is 0 Å². The summed E-state index contributed by atoms with van der Waals surface area (Å²) in [6.45, 7) is 2.35. The van der Waals surface area contributed by atoms with Gasteiger partial charge in [0.1, 0.15) is 24.4 Å². The van der Waals surface area contributed by atoms with Gasteiger partial charge in [0.05, 0.1) is 18.6 Å². The molecular formula is C11H21NO7. The average Bonchev–Trinajstić information content (AvgIpc) is 2.37. The van der Waals surface area contributed by atoms with Gasteiger partial charge in [0.25, 0.3) is 0 Å². The molecule has 1 aliphatic heterocycles. The maximum absolute atomic E-state index is 11.7. The van der Waals surface area contributed by atoms with Gasteiger partial charge in [-0.2, -0.15) is 0 Å². The van der Waals surface area contributed by atoms with Crippen LogP contribution in [-0.4, -0.2) is 74.8 Å².